The van der Waals surface area contributed by atoms with Crippen LogP contribution in [-0.2, 0) is 11.3 Å². The van der Waals surface area contributed by atoms with E-state index < -0.39 is 0 Å². The number of amides is 2. The molecule has 2 heterocycles. The smallest absolute Gasteiger partial charge is 0.257 e. The zero-order valence-corrected chi connectivity index (χ0v) is 18.2. The van der Waals surface area contributed by atoms with Crippen LogP contribution in [-0.4, -0.2) is 27.8 Å². The lowest BCUT2D eigenvalue weighted by Gasteiger charge is -2.27. The van der Waals surface area contributed by atoms with Crippen LogP contribution >= 0.6 is 0 Å². The predicted octanol–water partition coefficient (Wildman–Crippen LogP) is 5.37. The summed E-state index contributed by atoms with van der Waals surface area (Å²) in [5.41, 5.74) is 4.82. The topological polar surface area (TPSA) is 54.3 Å². The minimum atomic E-state index is -0.0589. The molecule has 0 radical (unpaired) electrons. The summed E-state index contributed by atoms with van der Waals surface area (Å²) >= 11 is 0. The third kappa shape index (κ3) is 4.45. The Morgan fingerprint density at radius 3 is 2.63 bits per heavy atom. The Kier molecular flexibility index (Phi) is 6.26. The second-order valence-electron chi connectivity index (χ2n) is 8.87. The van der Waals surface area contributed by atoms with Crippen molar-refractivity contribution in [3.8, 4) is 0 Å². The average molecular weight is 408 g/mol. The van der Waals surface area contributed by atoms with Crippen LogP contribution < -0.4 is 5.32 Å². The van der Waals surface area contributed by atoms with Gasteiger partial charge in [-0.1, -0.05) is 31.4 Å². The number of aromatic nitrogens is 1. The summed E-state index contributed by atoms with van der Waals surface area (Å²) in [6.45, 7) is 5.60. The normalized spacial score (nSPS) is 17.9. The number of hydrogen-bond acceptors (Lipinski definition) is 2. The number of piperidine rings is 1. The van der Waals surface area contributed by atoms with Gasteiger partial charge in [0.05, 0.1) is 5.56 Å². The van der Waals surface area contributed by atoms with Gasteiger partial charge in [-0.2, -0.15) is 0 Å². The van der Waals surface area contributed by atoms with Crippen LogP contribution in [0, 0.1) is 13.8 Å². The number of rotatable bonds is 5. The Balaban J connectivity index is 1.47. The standard InChI is InChI=1S/C25H33N3O2/c1-18-15-23(19(2)28(18)22-11-4-3-5-12-22)25(30)26-21-10-8-9-20(16-21)17-27-14-7-6-13-24(27)29/h8-10,15-16,22H,3-7,11-14,17H2,1-2H3,(H,26,30). The van der Waals surface area contributed by atoms with E-state index in [0.717, 1.165) is 41.9 Å². The van der Waals surface area contributed by atoms with Gasteiger partial charge in [-0.25, -0.2) is 0 Å². The molecule has 2 amide bonds. The van der Waals surface area contributed by atoms with Gasteiger partial charge in [-0.15, -0.1) is 0 Å². The third-order valence-corrected chi connectivity index (χ3v) is 6.65. The van der Waals surface area contributed by atoms with E-state index in [0.29, 0.717) is 19.0 Å². The molecule has 1 saturated carbocycles. The molecular formula is C25H33N3O2. The highest BCUT2D eigenvalue weighted by molar-refractivity contribution is 6.05. The zero-order valence-electron chi connectivity index (χ0n) is 18.2. The molecule has 0 bridgehead atoms. The van der Waals surface area contributed by atoms with E-state index in [4.69, 9.17) is 0 Å². The molecule has 2 aromatic rings. The zero-order chi connectivity index (χ0) is 21.1. The van der Waals surface area contributed by atoms with E-state index in [-0.39, 0.29) is 11.8 Å². The lowest BCUT2D eigenvalue weighted by Crippen LogP contribution is -2.34. The highest BCUT2D eigenvalue weighted by Crippen LogP contribution is 2.32. The number of carbonyl (C=O) groups is 2. The van der Waals surface area contributed by atoms with Crippen LogP contribution in [0.1, 0.15) is 84.7 Å². The minimum Gasteiger partial charge on any atom is -0.345 e. The maximum absolute atomic E-state index is 13.0. The van der Waals surface area contributed by atoms with Crippen molar-refractivity contribution in [1.82, 2.24) is 9.47 Å². The van der Waals surface area contributed by atoms with Crippen molar-refractivity contribution in [3.05, 3.63) is 52.8 Å². The monoisotopic (exact) mass is 407 g/mol. The summed E-state index contributed by atoms with van der Waals surface area (Å²) in [4.78, 5) is 27.1. The number of nitrogens with one attached hydrogen (secondary N) is 1. The Hall–Kier alpha value is -2.56. The molecule has 1 aromatic heterocycles. The summed E-state index contributed by atoms with van der Waals surface area (Å²) in [7, 11) is 0. The van der Waals surface area contributed by atoms with Crippen LogP contribution in [0.5, 0.6) is 0 Å². The van der Waals surface area contributed by atoms with E-state index in [1.165, 1.54) is 37.8 Å². The van der Waals surface area contributed by atoms with Crippen LogP contribution in [0.4, 0.5) is 5.69 Å². The minimum absolute atomic E-state index is 0.0589. The van der Waals surface area contributed by atoms with Crippen LogP contribution in [0.15, 0.2) is 30.3 Å². The second kappa shape index (κ2) is 9.07. The van der Waals surface area contributed by atoms with Gasteiger partial charge in [0.15, 0.2) is 0 Å². The molecule has 0 spiro atoms. The van der Waals surface area contributed by atoms with Crippen molar-refractivity contribution in [1.29, 1.82) is 0 Å². The van der Waals surface area contributed by atoms with E-state index >= 15 is 0 Å². The largest absolute Gasteiger partial charge is 0.345 e. The molecule has 4 rings (SSSR count). The van der Waals surface area contributed by atoms with Crippen molar-refractivity contribution in [2.45, 2.75) is 77.8 Å². The lowest BCUT2D eigenvalue weighted by atomic mass is 9.95. The van der Waals surface area contributed by atoms with Gasteiger partial charge in [0.2, 0.25) is 5.91 Å². The fourth-order valence-corrected chi connectivity index (χ4v) is 5.10. The number of hydrogen-bond donors (Lipinski definition) is 1. The first-order valence-corrected chi connectivity index (χ1v) is 11.4. The molecular weight excluding hydrogens is 374 g/mol. The second-order valence-corrected chi connectivity index (χ2v) is 8.87. The fourth-order valence-electron chi connectivity index (χ4n) is 5.10. The molecule has 1 aliphatic carbocycles. The van der Waals surface area contributed by atoms with Crippen molar-refractivity contribution in [3.63, 3.8) is 0 Å². The Bertz CT molecular complexity index is 924. The van der Waals surface area contributed by atoms with Crippen molar-refractivity contribution < 1.29 is 9.59 Å². The highest BCUT2D eigenvalue weighted by atomic mass is 16.2. The van der Waals surface area contributed by atoms with Crippen molar-refractivity contribution >= 4 is 17.5 Å². The van der Waals surface area contributed by atoms with Gasteiger partial charge < -0.3 is 14.8 Å². The molecule has 2 fully saturated rings. The molecule has 0 unspecified atom stereocenters. The van der Waals surface area contributed by atoms with Gasteiger partial charge in [0.25, 0.3) is 5.91 Å². The Morgan fingerprint density at radius 2 is 1.87 bits per heavy atom. The molecule has 0 atom stereocenters. The summed E-state index contributed by atoms with van der Waals surface area (Å²) in [5.74, 6) is 0.169. The first-order valence-electron chi connectivity index (χ1n) is 11.4. The highest BCUT2D eigenvalue weighted by Gasteiger charge is 2.23. The van der Waals surface area contributed by atoms with Crippen LogP contribution in [0.25, 0.3) is 0 Å². The molecule has 1 aliphatic heterocycles. The van der Waals surface area contributed by atoms with Gasteiger partial charge in [0.1, 0.15) is 0 Å². The third-order valence-electron chi connectivity index (χ3n) is 6.65. The maximum Gasteiger partial charge on any atom is 0.257 e. The number of aryl methyl sites for hydroxylation is 1. The predicted molar refractivity (Wildman–Crippen MR) is 120 cm³/mol. The van der Waals surface area contributed by atoms with E-state index in [1.807, 2.05) is 35.2 Å². The number of likely N-dealkylation sites (tertiary alicyclic amines) is 1. The van der Waals surface area contributed by atoms with Crippen molar-refractivity contribution in [2.24, 2.45) is 0 Å². The van der Waals surface area contributed by atoms with Gasteiger partial charge in [-0.3, -0.25) is 9.59 Å². The summed E-state index contributed by atoms with van der Waals surface area (Å²) in [6.07, 6.45) is 8.98. The summed E-state index contributed by atoms with van der Waals surface area (Å²) in [5, 5.41) is 3.08. The van der Waals surface area contributed by atoms with Crippen molar-refractivity contribution in [2.75, 3.05) is 11.9 Å². The summed E-state index contributed by atoms with van der Waals surface area (Å²) in [6, 6.07) is 10.4. The maximum atomic E-state index is 13.0. The number of carbonyl (C=O) groups excluding carboxylic acids is 2. The fraction of sp³-hybridized carbons (Fsp3) is 0.520. The SMILES string of the molecule is Cc1cc(C(=O)Nc2cccc(CN3CCCCC3=O)c2)c(C)n1C1CCCCC1. The molecule has 5 nitrogen and oxygen atoms in total. The Labute approximate surface area is 179 Å². The molecule has 30 heavy (non-hydrogen) atoms. The number of nitrogens with zero attached hydrogens (tertiary/aromatic N) is 2. The van der Waals surface area contributed by atoms with E-state index in [2.05, 4.69) is 23.7 Å². The van der Waals surface area contributed by atoms with E-state index in [9.17, 15) is 9.59 Å². The molecule has 1 N–H and O–H groups in total. The summed E-state index contributed by atoms with van der Waals surface area (Å²) < 4.78 is 2.37. The molecule has 1 saturated heterocycles. The van der Waals surface area contributed by atoms with Crippen LogP contribution in [0.3, 0.4) is 0 Å². The quantitative estimate of drug-likeness (QED) is 0.724. The van der Waals surface area contributed by atoms with Crippen LogP contribution in [0.2, 0.25) is 0 Å². The number of anilines is 1. The molecule has 2 aliphatic rings. The molecule has 160 valence electrons. The van der Waals surface area contributed by atoms with Gasteiger partial charge >= 0.3 is 0 Å². The molecule has 1 aromatic carbocycles. The first kappa shape index (κ1) is 20.7. The van der Waals surface area contributed by atoms with Gasteiger partial charge in [0, 0.05) is 42.6 Å². The van der Waals surface area contributed by atoms with E-state index in [1.54, 1.807) is 0 Å². The molecule has 5 heteroatoms. The Morgan fingerprint density at radius 1 is 1.07 bits per heavy atom. The average Bonchev–Trinajstić information content (AvgIpc) is 3.05. The first-order chi connectivity index (χ1) is 14.5. The lowest BCUT2D eigenvalue weighted by molar-refractivity contribution is -0.133. The van der Waals surface area contributed by atoms with Gasteiger partial charge in [-0.05, 0) is 63.3 Å². The number of benzene rings is 1.